The molecule has 1 aromatic heterocycles. The van der Waals surface area contributed by atoms with Gasteiger partial charge in [-0.1, -0.05) is 19.9 Å². The quantitative estimate of drug-likeness (QED) is 0.858. The number of amides is 2. The van der Waals surface area contributed by atoms with Crippen LogP contribution in [0.1, 0.15) is 47.7 Å². The predicted molar refractivity (Wildman–Crippen MR) is 83.6 cm³/mol. The SMILES string of the molecule is CC(C)C1CN(C(=O)c2cccc(C(=O)N3CCCC3)n2)C1. The van der Waals surface area contributed by atoms with Gasteiger partial charge in [0, 0.05) is 26.2 Å². The average Bonchev–Trinajstić information content (AvgIpc) is 2.98. The summed E-state index contributed by atoms with van der Waals surface area (Å²) >= 11 is 0. The number of carbonyl (C=O) groups excluding carboxylic acids is 2. The minimum atomic E-state index is -0.0621. The number of hydrogen-bond acceptors (Lipinski definition) is 3. The largest absolute Gasteiger partial charge is 0.337 e. The van der Waals surface area contributed by atoms with Crippen LogP contribution >= 0.6 is 0 Å². The van der Waals surface area contributed by atoms with E-state index in [1.54, 1.807) is 18.2 Å². The lowest BCUT2D eigenvalue weighted by Gasteiger charge is -2.41. The van der Waals surface area contributed by atoms with Crippen LogP contribution in [0.4, 0.5) is 0 Å². The summed E-state index contributed by atoms with van der Waals surface area (Å²) in [6, 6.07) is 5.15. The second-order valence-electron chi connectivity index (χ2n) is 6.62. The molecule has 2 amide bonds. The number of rotatable bonds is 3. The van der Waals surface area contributed by atoms with Crippen molar-refractivity contribution >= 4 is 11.8 Å². The van der Waals surface area contributed by atoms with Gasteiger partial charge in [-0.25, -0.2) is 4.98 Å². The van der Waals surface area contributed by atoms with Crippen molar-refractivity contribution < 1.29 is 9.59 Å². The van der Waals surface area contributed by atoms with E-state index in [0.29, 0.717) is 23.2 Å². The lowest BCUT2D eigenvalue weighted by Crippen LogP contribution is -2.52. The molecular weight excluding hydrogens is 278 g/mol. The first-order valence-electron chi connectivity index (χ1n) is 8.12. The summed E-state index contributed by atoms with van der Waals surface area (Å²) in [6.45, 7) is 7.53. The summed E-state index contributed by atoms with van der Waals surface area (Å²) in [7, 11) is 0. The van der Waals surface area contributed by atoms with E-state index in [0.717, 1.165) is 39.0 Å². The van der Waals surface area contributed by atoms with Gasteiger partial charge in [-0.15, -0.1) is 0 Å². The molecule has 0 radical (unpaired) electrons. The highest BCUT2D eigenvalue weighted by molar-refractivity contribution is 5.96. The molecule has 3 rings (SSSR count). The molecule has 0 aliphatic carbocycles. The third-order valence-electron chi connectivity index (χ3n) is 4.72. The van der Waals surface area contributed by atoms with Crippen molar-refractivity contribution in [2.24, 2.45) is 11.8 Å². The van der Waals surface area contributed by atoms with Gasteiger partial charge in [0.1, 0.15) is 11.4 Å². The maximum Gasteiger partial charge on any atom is 0.272 e. The smallest absolute Gasteiger partial charge is 0.272 e. The highest BCUT2D eigenvalue weighted by Crippen LogP contribution is 2.24. The molecular formula is C17H23N3O2. The highest BCUT2D eigenvalue weighted by Gasteiger charge is 2.33. The van der Waals surface area contributed by atoms with Crippen molar-refractivity contribution in [3.63, 3.8) is 0 Å². The second-order valence-corrected chi connectivity index (χ2v) is 6.62. The van der Waals surface area contributed by atoms with Crippen LogP contribution in [0.3, 0.4) is 0 Å². The van der Waals surface area contributed by atoms with E-state index in [1.165, 1.54) is 0 Å². The zero-order valence-corrected chi connectivity index (χ0v) is 13.3. The fraction of sp³-hybridized carbons (Fsp3) is 0.588. The first-order chi connectivity index (χ1) is 10.6. The summed E-state index contributed by atoms with van der Waals surface area (Å²) in [6.07, 6.45) is 2.10. The Morgan fingerprint density at radius 2 is 1.59 bits per heavy atom. The van der Waals surface area contributed by atoms with Gasteiger partial charge < -0.3 is 9.80 Å². The number of pyridine rings is 1. The van der Waals surface area contributed by atoms with Crippen LogP contribution in [-0.2, 0) is 0 Å². The maximum absolute atomic E-state index is 12.4. The Morgan fingerprint density at radius 3 is 2.14 bits per heavy atom. The number of carbonyl (C=O) groups is 2. The van der Waals surface area contributed by atoms with Crippen molar-refractivity contribution in [1.82, 2.24) is 14.8 Å². The average molecular weight is 301 g/mol. The van der Waals surface area contributed by atoms with Gasteiger partial charge in [-0.05, 0) is 36.8 Å². The van der Waals surface area contributed by atoms with E-state index >= 15 is 0 Å². The van der Waals surface area contributed by atoms with Gasteiger partial charge in [0.05, 0.1) is 0 Å². The molecule has 1 aromatic rings. The first-order valence-corrected chi connectivity index (χ1v) is 8.12. The Bertz CT molecular complexity index is 573. The van der Waals surface area contributed by atoms with Crippen LogP contribution in [0.15, 0.2) is 18.2 Å². The maximum atomic E-state index is 12.4. The molecule has 2 aliphatic heterocycles. The van der Waals surface area contributed by atoms with Crippen molar-refractivity contribution in [2.45, 2.75) is 26.7 Å². The number of aromatic nitrogens is 1. The van der Waals surface area contributed by atoms with Gasteiger partial charge in [0.2, 0.25) is 0 Å². The lowest BCUT2D eigenvalue weighted by atomic mass is 9.88. The van der Waals surface area contributed by atoms with Crippen LogP contribution in [-0.4, -0.2) is 52.8 Å². The zero-order valence-electron chi connectivity index (χ0n) is 13.3. The van der Waals surface area contributed by atoms with Crippen LogP contribution in [0.25, 0.3) is 0 Å². The van der Waals surface area contributed by atoms with Gasteiger partial charge in [0.25, 0.3) is 11.8 Å². The van der Waals surface area contributed by atoms with E-state index in [2.05, 4.69) is 18.8 Å². The molecule has 2 fully saturated rings. The van der Waals surface area contributed by atoms with Gasteiger partial charge in [-0.3, -0.25) is 9.59 Å². The Balaban J connectivity index is 1.69. The van der Waals surface area contributed by atoms with Crippen molar-refractivity contribution in [1.29, 1.82) is 0 Å². The molecule has 0 N–H and O–H groups in total. The van der Waals surface area contributed by atoms with Gasteiger partial charge in [-0.2, -0.15) is 0 Å². The number of likely N-dealkylation sites (tertiary alicyclic amines) is 2. The molecule has 0 spiro atoms. The summed E-state index contributed by atoms with van der Waals surface area (Å²) in [4.78, 5) is 32.7. The van der Waals surface area contributed by atoms with E-state index in [9.17, 15) is 9.59 Å². The molecule has 0 bridgehead atoms. The monoisotopic (exact) mass is 301 g/mol. The van der Waals surface area contributed by atoms with Crippen LogP contribution in [0, 0.1) is 11.8 Å². The van der Waals surface area contributed by atoms with Crippen LogP contribution in [0.2, 0.25) is 0 Å². The summed E-state index contributed by atoms with van der Waals surface area (Å²) in [5, 5.41) is 0. The first kappa shape index (κ1) is 15.0. The van der Waals surface area contributed by atoms with Crippen molar-refractivity contribution in [2.75, 3.05) is 26.2 Å². The van der Waals surface area contributed by atoms with Crippen molar-refractivity contribution in [3.8, 4) is 0 Å². The molecule has 2 aliphatic rings. The van der Waals surface area contributed by atoms with Crippen LogP contribution in [0.5, 0.6) is 0 Å². The molecule has 0 unspecified atom stereocenters. The van der Waals surface area contributed by atoms with Gasteiger partial charge >= 0.3 is 0 Å². The minimum Gasteiger partial charge on any atom is -0.337 e. The number of hydrogen-bond donors (Lipinski definition) is 0. The third kappa shape index (κ3) is 2.85. The summed E-state index contributed by atoms with van der Waals surface area (Å²) in [5.41, 5.74) is 0.765. The van der Waals surface area contributed by atoms with E-state index in [1.807, 2.05) is 9.80 Å². The summed E-state index contributed by atoms with van der Waals surface area (Å²) in [5.74, 6) is 1.06. The molecule has 0 atom stereocenters. The standard InChI is InChI=1S/C17H23N3O2/c1-12(2)13-10-20(11-13)17(22)15-7-5-6-14(18-15)16(21)19-8-3-4-9-19/h5-7,12-13H,3-4,8-11H2,1-2H3. The molecule has 0 saturated carbocycles. The van der Waals surface area contributed by atoms with Crippen LogP contribution < -0.4 is 0 Å². The molecule has 3 heterocycles. The molecule has 2 saturated heterocycles. The fourth-order valence-electron chi connectivity index (χ4n) is 3.02. The van der Waals surface area contributed by atoms with E-state index in [-0.39, 0.29) is 11.8 Å². The summed E-state index contributed by atoms with van der Waals surface area (Å²) < 4.78 is 0. The zero-order chi connectivity index (χ0) is 15.7. The highest BCUT2D eigenvalue weighted by atomic mass is 16.2. The Kier molecular flexibility index (Phi) is 4.14. The number of nitrogens with zero attached hydrogens (tertiary/aromatic N) is 3. The molecule has 118 valence electrons. The molecule has 5 heteroatoms. The second kappa shape index (κ2) is 6.07. The predicted octanol–water partition coefficient (Wildman–Crippen LogP) is 2.05. The van der Waals surface area contributed by atoms with Gasteiger partial charge in [0.15, 0.2) is 0 Å². The fourth-order valence-corrected chi connectivity index (χ4v) is 3.02. The Morgan fingerprint density at radius 1 is 1.05 bits per heavy atom. The normalized spacial score (nSPS) is 18.7. The van der Waals surface area contributed by atoms with E-state index in [4.69, 9.17) is 0 Å². The molecule has 5 nitrogen and oxygen atoms in total. The molecule has 0 aromatic carbocycles. The topological polar surface area (TPSA) is 53.5 Å². The Hall–Kier alpha value is -1.91. The Labute approximate surface area is 131 Å². The third-order valence-corrected chi connectivity index (χ3v) is 4.72. The lowest BCUT2D eigenvalue weighted by molar-refractivity contribution is 0.0401. The van der Waals surface area contributed by atoms with Crippen molar-refractivity contribution in [3.05, 3.63) is 29.6 Å². The molecule has 22 heavy (non-hydrogen) atoms. The minimum absolute atomic E-state index is 0.0594. The van der Waals surface area contributed by atoms with E-state index < -0.39 is 0 Å².